The third kappa shape index (κ3) is 4.15. The first kappa shape index (κ1) is 18.8. The van der Waals surface area contributed by atoms with Gasteiger partial charge in [-0.3, -0.25) is 4.79 Å². The first-order chi connectivity index (χ1) is 13.4. The number of halogens is 1. The average Bonchev–Trinajstić information content (AvgIpc) is 3.23. The van der Waals surface area contributed by atoms with Gasteiger partial charge in [-0.15, -0.1) is 0 Å². The van der Waals surface area contributed by atoms with Crippen LogP contribution < -0.4 is 10.1 Å². The third-order valence-electron chi connectivity index (χ3n) is 4.67. The number of furan rings is 1. The zero-order valence-electron chi connectivity index (χ0n) is 14.9. The molecule has 3 aromatic rings. The second-order valence-corrected chi connectivity index (χ2v) is 9.44. The van der Waals surface area contributed by atoms with Gasteiger partial charge >= 0.3 is 0 Å². The van der Waals surface area contributed by atoms with Crippen molar-refractivity contribution in [2.24, 2.45) is 0 Å². The van der Waals surface area contributed by atoms with Crippen molar-refractivity contribution in [2.75, 3.05) is 18.1 Å². The van der Waals surface area contributed by atoms with Gasteiger partial charge in [0.25, 0.3) is 5.91 Å². The van der Waals surface area contributed by atoms with Gasteiger partial charge in [0, 0.05) is 22.0 Å². The van der Waals surface area contributed by atoms with Gasteiger partial charge in [-0.2, -0.15) is 0 Å². The van der Waals surface area contributed by atoms with Crippen LogP contribution in [-0.4, -0.2) is 38.5 Å². The van der Waals surface area contributed by atoms with Crippen molar-refractivity contribution in [3.63, 3.8) is 0 Å². The summed E-state index contributed by atoms with van der Waals surface area (Å²) >= 11 is 5.95. The molecule has 1 aromatic heterocycles. The number of fused-ring (bicyclic) bond motifs is 1. The Kier molecular flexibility index (Phi) is 5.03. The second kappa shape index (κ2) is 7.48. The van der Waals surface area contributed by atoms with E-state index < -0.39 is 9.84 Å². The zero-order valence-corrected chi connectivity index (χ0v) is 16.4. The minimum Gasteiger partial charge on any atom is -0.484 e. The fourth-order valence-electron chi connectivity index (χ4n) is 3.28. The van der Waals surface area contributed by atoms with E-state index in [1.54, 1.807) is 18.4 Å². The summed E-state index contributed by atoms with van der Waals surface area (Å²) < 4.78 is 34.1. The van der Waals surface area contributed by atoms with Crippen LogP contribution in [0.25, 0.3) is 22.1 Å². The van der Waals surface area contributed by atoms with Gasteiger partial charge in [-0.1, -0.05) is 23.7 Å². The Morgan fingerprint density at radius 1 is 1.21 bits per heavy atom. The Morgan fingerprint density at radius 2 is 2.00 bits per heavy atom. The molecule has 0 radical (unpaired) electrons. The zero-order chi connectivity index (χ0) is 19.7. The normalized spacial score (nSPS) is 18.2. The van der Waals surface area contributed by atoms with Crippen molar-refractivity contribution in [1.29, 1.82) is 0 Å². The molecule has 1 aliphatic heterocycles. The predicted molar refractivity (Wildman–Crippen MR) is 107 cm³/mol. The van der Waals surface area contributed by atoms with Crippen LogP contribution in [-0.2, 0) is 14.6 Å². The number of amides is 1. The van der Waals surface area contributed by atoms with Crippen molar-refractivity contribution in [3.05, 3.63) is 53.8 Å². The maximum Gasteiger partial charge on any atom is 0.258 e. The van der Waals surface area contributed by atoms with Gasteiger partial charge in [-0.05, 0) is 42.3 Å². The van der Waals surface area contributed by atoms with Crippen molar-refractivity contribution in [2.45, 2.75) is 12.5 Å². The average molecular weight is 420 g/mol. The lowest BCUT2D eigenvalue weighted by molar-refractivity contribution is -0.123. The lowest BCUT2D eigenvalue weighted by Crippen LogP contribution is -2.38. The Labute approximate surface area is 167 Å². The molecule has 0 saturated carbocycles. The monoisotopic (exact) mass is 419 g/mol. The highest BCUT2D eigenvalue weighted by atomic mass is 35.5. The molecule has 1 amide bonds. The second-order valence-electron chi connectivity index (χ2n) is 6.77. The molecule has 2 aromatic carbocycles. The van der Waals surface area contributed by atoms with E-state index in [0.717, 1.165) is 16.5 Å². The molecular formula is C20H18ClNO5S. The number of sulfone groups is 1. The molecule has 6 nitrogen and oxygen atoms in total. The van der Waals surface area contributed by atoms with Crippen molar-refractivity contribution >= 4 is 38.3 Å². The van der Waals surface area contributed by atoms with Crippen molar-refractivity contribution in [3.8, 4) is 16.9 Å². The van der Waals surface area contributed by atoms with Crippen LogP contribution in [0.4, 0.5) is 0 Å². The fraction of sp³-hybridized carbons (Fsp3) is 0.250. The predicted octanol–water partition coefficient (Wildman–Crippen LogP) is 3.44. The van der Waals surface area contributed by atoms with Crippen LogP contribution in [0.1, 0.15) is 6.42 Å². The molecule has 1 saturated heterocycles. The third-order valence-corrected chi connectivity index (χ3v) is 6.69. The molecule has 28 heavy (non-hydrogen) atoms. The lowest BCUT2D eigenvalue weighted by atomic mass is 10.0. The summed E-state index contributed by atoms with van der Waals surface area (Å²) in [6.45, 7) is -0.184. The summed E-state index contributed by atoms with van der Waals surface area (Å²) in [5, 5.41) is 4.22. The maximum atomic E-state index is 12.1. The molecule has 1 aliphatic rings. The van der Waals surface area contributed by atoms with E-state index in [0.29, 0.717) is 22.8 Å². The van der Waals surface area contributed by atoms with Crippen LogP contribution in [0, 0.1) is 0 Å². The van der Waals surface area contributed by atoms with Gasteiger partial charge in [0.1, 0.15) is 11.3 Å². The van der Waals surface area contributed by atoms with E-state index >= 15 is 0 Å². The van der Waals surface area contributed by atoms with E-state index in [9.17, 15) is 13.2 Å². The number of hydrogen-bond donors (Lipinski definition) is 1. The molecule has 1 atom stereocenters. The van der Waals surface area contributed by atoms with Crippen molar-refractivity contribution < 1.29 is 22.4 Å². The first-order valence-electron chi connectivity index (χ1n) is 8.79. The number of carbonyl (C=O) groups excluding carboxylic acids is 1. The van der Waals surface area contributed by atoms with Gasteiger partial charge in [0.2, 0.25) is 0 Å². The number of carbonyl (C=O) groups is 1. The van der Waals surface area contributed by atoms with E-state index in [1.807, 2.05) is 30.3 Å². The van der Waals surface area contributed by atoms with Crippen LogP contribution in [0.15, 0.2) is 53.1 Å². The summed E-state index contributed by atoms with van der Waals surface area (Å²) in [5.74, 6) is 0.291. The van der Waals surface area contributed by atoms with E-state index in [2.05, 4.69) is 5.32 Å². The molecule has 0 spiro atoms. The lowest BCUT2D eigenvalue weighted by Gasteiger charge is -2.11. The summed E-state index contributed by atoms with van der Waals surface area (Å²) in [7, 11) is -3.03. The highest BCUT2D eigenvalue weighted by Crippen LogP contribution is 2.33. The number of hydrogen-bond acceptors (Lipinski definition) is 5. The summed E-state index contributed by atoms with van der Waals surface area (Å²) in [4.78, 5) is 12.1. The standard InChI is InChI=1S/C20H18ClNO5S/c21-14-3-1-13(2-4-14)18-10-27-19-6-5-16(9-17(18)19)26-11-20(23)22-15-7-8-28(24,25)12-15/h1-6,9-10,15H,7-8,11-12H2,(H,22,23)/t15-/m1/s1. The molecule has 1 fully saturated rings. The number of ether oxygens (including phenoxy) is 1. The molecule has 146 valence electrons. The molecular weight excluding hydrogens is 402 g/mol. The minimum atomic E-state index is -3.03. The summed E-state index contributed by atoms with van der Waals surface area (Å²) in [6, 6.07) is 12.4. The van der Waals surface area contributed by atoms with E-state index in [-0.39, 0.29) is 30.1 Å². The van der Waals surface area contributed by atoms with Crippen LogP contribution >= 0.6 is 11.6 Å². The van der Waals surface area contributed by atoms with Crippen molar-refractivity contribution in [1.82, 2.24) is 5.32 Å². The Hall–Kier alpha value is -2.51. The molecule has 0 unspecified atom stereocenters. The maximum absolute atomic E-state index is 12.1. The highest BCUT2D eigenvalue weighted by molar-refractivity contribution is 7.91. The van der Waals surface area contributed by atoms with E-state index in [4.69, 9.17) is 20.8 Å². The molecule has 2 heterocycles. The van der Waals surface area contributed by atoms with Crippen LogP contribution in [0.3, 0.4) is 0 Å². The topological polar surface area (TPSA) is 85.6 Å². The SMILES string of the molecule is O=C(COc1ccc2occ(-c3ccc(Cl)cc3)c2c1)N[C@@H]1CCS(=O)(=O)C1. The van der Waals surface area contributed by atoms with Gasteiger partial charge < -0.3 is 14.5 Å². The molecule has 1 N–H and O–H groups in total. The smallest absolute Gasteiger partial charge is 0.258 e. The summed E-state index contributed by atoms with van der Waals surface area (Å²) in [5.41, 5.74) is 2.57. The van der Waals surface area contributed by atoms with Crippen LogP contribution in [0.2, 0.25) is 5.02 Å². The number of nitrogens with one attached hydrogen (secondary N) is 1. The van der Waals surface area contributed by atoms with Gasteiger partial charge in [0.05, 0.1) is 17.8 Å². The Balaban J connectivity index is 1.45. The Morgan fingerprint density at radius 3 is 2.71 bits per heavy atom. The number of rotatable bonds is 5. The van der Waals surface area contributed by atoms with E-state index in [1.165, 1.54) is 0 Å². The summed E-state index contributed by atoms with van der Waals surface area (Å²) in [6.07, 6.45) is 2.12. The first-order valence-corrected chi connectivity index (χ1v) is 11.0. The van der Waals surface area contributed by atoms with Crippen LogP contribution in [0.5, 0.6) is 5.75 Å². The fourth-order valence-corrected chi connectivity index (χ4v) is 5.08. The van der Waals surface area contributed by atoms with Gasteiger partial charge in [-0.25, -0.2) is 8.42 Å². The molecule has 4 rings (SSSR count). The highest BCUT2D eigenvalue weighted by Gasteiger charge is 2.28. The Bertz CT molecular complexity index is 1120. The minimum absolute atomic E-state index is 0.00975. The van der Waals surface area contributed by atoms with Gasteiger partial charge in [0.15, 0.2) is 16.4 Å². The molecule has 0 bridgehead atoms. The molecule has 8 heteroatoms. The molecule has 0 aliphatic carbocycles. The number of benzene rings is 2. The quantitative estimate of drug-likeness (QED) is 0.684. The largest absolute Gasteiger partial charge is 0.484 e.